The second-order valence-electron chi connectivity index (χ2n) is 7.31. The zero-order valence-corrected chi connectivity index (χ0v) is 16.6. The van der Waals surface area contributed by atoms with Crippen molar-refractivity contribution in [1.82, 2.24) is 0 Å². The lowest BCUT2D eigenvalue weighted by Crippen LogP contribution is -2.40. The van der Waals surface area contributed by atoms with Crippen molar-refractivity contribution in [1.29, 1.82) is 0 Å². The fraction of sp³-hybridized carbons (Fsp3) is 0.333. The Bertz CT molecular complexity index is 905. The Balaban J connectivity index is 1.60. The highest BCUT2D eigenvalue weighted by atomic mass is 19.1. The Hall–Kier alpha value is -2.67. The first kappa shape index (κ1) is 20.6. The van der Waals surface area contributed by atoms with Gasteiger partial charge in [-0.1, -0.05) is 42.5 Å². The largest absolute Gasteiger partial charge is 0.359 e. The van der Waals surface area contributed by atoms with E-state index in [0.717, 1.165) is 24.8 Å². The van der Waals surface area contributed by atoms with Crippen LogP contribution >= 0.6 is 0 Å². The number of ketones is 1. The van der Waals surface area contributed by atoms with Crippen LogP contribution in [0.3, 0.4) is 0 Å². The van der Waals surface area contributed by atoms with E-state index in [2.05, 4.69) is 4.99 Å². The second-order valence-corrected chi connectivity index (χ2v) is 7.31. The van der Waals surface area contributed by atoms with Gasteiger partial charge in [0, 0.05) is 18.9 Å². The average molecular weight is 409 g/mol. The molecular weight excluding hydrogens is 385 g/mol. The monoisotopic (exact) mass is 409 g/mol. The molecule has 156 valence electrons. The number of ether oxygens (including phenoxy) is 3. The number of nitrogens with zero attached hydrogens (tertiary/aromatic N) is 1. The van der Waals surface area contributed by atoms with Gasteiger partial charge in [0.25, 0.3) is 0 Å². The molecule has 3 atom stereocenters. The summed E-state index contributed by atoms with van der Waals surface area (Å²) in [6.07, 6.45) is 3.64. The smallest absolute Gasteiger partial charge is 0.191 e. The summed E-state index contributed by atoms with van der Waals surface area (Å²) in [6.45, 7) is 0.889. The van der Waals surface area contributed by atoms with E-state index < -0.39 is 18.5 Å². The van der Waals surface area contributed by atoms with E-state index in [4.69, 9.17) is 14.2 Å². The minimum atomic E-state index is -0.881. The van der Waals surface area contributed by atoms with Crippen LogP contribution in [0.1, 0.15) is 36.5 Å². The lowest BCUT2D eigenvalue weighted by molar-refractivity contribution is -0.177. The van der Waals surface area contributed by atoms with Crippen LogP contribution in [0.4, 0.5) is 4.39 Å². The first-order valence-corrected chi connectivity index (χ1v) is 10.2. The Kier molecular flexibility index (Phi) is 6.79. The molecule has 0 N–H and O–H groups in total. The van der Waals surface area contributed by atoms with Crippen molar-refractivity contribution in [2.24, 2.45) is 4.99 Å². The number of aliphatic imine (C=N–C) groups is 1. The highest BCUT2D eigenvalue weighted by Gasteiger charge is 2.35. The number of carbonyl (C=O) groups is 1. The summed E-state index contributed by atoms with van der Waals surface area (Å²) in [5.41, 5.74) is 2.09. The van der Waals surface area contributed by atoms with Gasteiger partial charge >= 0.3 is 0 Å². The molecular formula is C24H24FNO4. The quantitative estimate of drug-likeness (QED) is 0.674. The van der Waals surface area contributed by atoms with Gasteiger partial charge in [-0.05, 0) is 42.5 Å². The number of hydrogen-bond acceptors (Lipinski definition) is 5. The zero-order chi connectivity index (χ0) is 20.8. The molecule has 0 spiro atoms. The van der Waals surface area contributed by atoms with E-state index in [1.165, 1.54) is 24.4 Å². The molecule has 2 aromatic carbocycles. The van der Waals surface area contributed by atoms with Gasteiger partial charge in [-0.15, -0.1) is 0 Å². The van der Waals surface area contributed by atoms with Crippen LogP contribution in [0.25, 0.3) is 0 Å². The molecule has 2 heterocycles. The molecule has 30 heavy (non-hydrogen) atoms. The van der Waals surface area contributed by atoms with E-state index in [1.54, 1.807) is 12.1 Å². The molecule has 4 rings (SSSR count). The predicted octanol–water partition coefficient (Wildman–Crippen LogP) is 4.53. The molecule has 0 bridgehead atoms. The highest BCUT2D eigenvalue weighted by Crippen LogP contribution is 2.29. The molecule has 0 saturated carbocycles. The summed E-state index contributed by atoms with van der Waals surface area (Å²) in [7, 11) is 0. The molecule has 6 heteroatoms. The fourth-order valence-electron chi connectivity index (χ4n) is 3.55. The fourth-order valence-corrected chi connectivity index (χ4v) is 3.55. The standard InChI is InChI=1S/C24H24FNO4/c25-19-11-9-18(10-12-19)23(30-21-8-4-5-15-28-21)22-24(20(27)13-14-26-22)29-16-17-6-2-1-3-7-17/h1-3,6-7,9-14,21,23-24H,4-5,8,15-16H2. The minimum Gasteiger partial charge on any atom is -0.359 e. The van der Waals surface area contributed by atoms with E-state index in [-0.39, 0.29) is 18.2 Å². The van der Waals surface area contributed by atoms with E-state index in [9.17, 15) is 9.18 Å². The number of rotatable bonds is 7. The second kappa shape index (κ2) is 9.89. The number of carbonyl (C=O) groups excluding carboxylic acids is 1. The predicted molar refractivity (Wildman–Crippen MR) is 110 cm³/mol. The van der Waals surface area contributed by atoms with Gasteiger partial charge in [0.2, 0.25) is 0 Å². The van der Waals surface area contributed by atoms with Crippen molar-refractivity contribution >= 4 is 11.5 Å². The van der Waals surface area contributed by atoms with Crippen molar-refractivity contribution in [3.8, 4) is 0 Å². The van der Waals surface area contributed by atoms with Crippen LogP contribution in [0.2, 0.25) is 0 Å². The molecule has 2 aliphatic rings. The first-order valence-electron chi connectivity index (χ1n) is 10.2. The van der Waals surface area contributed by atoms with Gasteiger partial charge in [-0.3, -0.25) is 9.79 Å². The van der Waals surface area contributed by atoms with Crippen molar-refractivity contribution in [2.45, 2.75) is 44.4 Å². The maximum atomic E-state index is 13.5. The Morgan fingerprint density at radius 3 is 2.63 bits per heavy atom. The summed E-state index contributed by atoms with van der Waals surface area (Å²) in [5.74, 6) is -0.541. The average Bonchev–Trinajstić information content (AvgIpc) is 2.79. The van der Waals surface area contributed by atoms with Crippen molar-refractivity contribution in [2.75, 3.05) is 6.61 Å². The number of hydrogen-bond donors (Lipinski definition) is 0. The third-order valence-corrected chi connectivity index (χ3v) is 5.12. The van der Waals surface area contributed by atoms with Crippen LogP contribution in [-0.4, -0.2) is 30.5 Å². The number of halogens is 1. The van der Waals surface area contributed by atoms with E-state index in [0.29, 0.717) is 17.9 Å². The van der Waals surface area contributed by atoms with Gasteiger partial charge in [0.1, 0.15) is 11.9 Å². The summed E-state index contributed by atoms with van der Waals surface area (Å²) >= 11 is 0. The van der Waals surface area contributed by atoms with Crippen molar-refractivity contribution in [3.63, 3.8) is 0 Å². The SMILES string of the molecule is O=C1C=CN=C(C(OC2CCCCO2)c2ccc(F)cc2)C1OCc1ccccc1. The molecule has 0 aromatic heterocycles. The molecule has 0 aliphatic carbocycles. The highest BCUT2D eigenvalue weighted by molar-refractivity contribution is 6.15. The summed E-state index contributed by atoms with van der Waals surface area (Å²) in [4.78, 5) is 17.1. The summed E-state index contributed by atoms with van der Waals surface area (Å²) in [6, 6.07) is 15.6. The van der Waals surface area contributed by atoms with Crippen LogP contribution in [0, 0.1) is 5.82 Å². The van der Waals surface area contributed by atoms with Crippen LogP contribution in [-0.2, 0) is 25.6 Å². The molecule has 1 saturated heterocycles. The Morgan fingerprint density at radius 2 is 1.90 bits per heavy atom. The Morgan fingerprint density at radius 1 is 1.10 bits per heavy atom. The lowest BCUT2D eigenvalue weighted by atomic mass is 9.96. The van der Waals surface area contributed by atoms with Crippen LogP contribution in [0.15, 0.2) is 71.9 Å². The summed E-state index contributed by atoms with van der Waals surface area (Å²) < 4.78 is 31.5. The van der Waals surface area contributed by atoms with Gasteiger partial charge < -0.3 is 14.2 Å². The zero-order valence-electron chi connectivity index (χ0n) is 16.6. The number of benzene rings is 2. The van der Waals surface area contributed by atoms with Gasteiger partial charge in [-0.25, -0.2) is 4.39 Å². The normalized spacial score (nSPS) is 22.6. The third kappa shape index (κ3) is 5.08. The van der Waals surface area contributed by atoms with E-state index >= 15 is 0 Å². The molecule has 5 nitrogen and oxygen atoms in total. The third-order valence-electron chi connectivity index (χ3n) is 5.12. The summed E-state index contributed by atoms with van der Waals surface area (Å²) in [5, 5.41) is 0. The molecule has 0 radical (unpaired) electrons. The molecule has 2 aromatic rings. The first-order chi connectivity index (χ1) is 14.7. The lowest BCUT2D eigenvalue weighted by Gasteiger charge is -2.31. The van der Waals surface area contributed by atoms with Crippen molar-refractivity contribution in [3.05, 3.63) is 83.8 Å². The molecule has 2 aliphatic heterocycles. The molecule has 1 fully saturated rings. The Labute approximate surface area is 175 Å². The molecule has 0 amide bonds. The molecule has 3 unspecified atom stereocenters. The minimum absolute atomic E-state index is 0.198. The van der Waals surface area contributed by atoms with Gasteiger partial charge in [0.05, 0.1) is 12.3 Å². The van der Waals surface area contributed by atoms with E-state index in [1.807, 2.05) is 30.3 Å². The van der Waals surface area contributed by atoms with Crippen LogP contribution < -0.4 is 0 Å². The van der Waals surface area contributed by atoms with Gasteiger partial charge in [-0.2, -0.15) is 0 Å². The van der Waals surface area contributed by atoms with Gasteiger partial charge in [0.15, 0.2) is 18.2 Å². The maximum Gasteiger partial charge on any atom is 0.191 e. The van der Waals surface area contributed by atoms with Crippen LogP contribution in [0.5, 0.6) is 0 Å². The topological polar surface area (TPSA) is 57.1 Å². The van der Waals surface area contributed by atoms with Crippen molar-refractivity contribution < 1.29 is 23.4 Å². The maximum absolute atomic E-state index is 13.5.